The molecule has 1 N–H and O–H groups in total. The second kappa shape index (κ2) is 6.62. The second-order valence-electron chi connectivity index (χ2n) is 3.84. The van der Waals surface area contributed by atoms with E-state index in [-0.39, 0.29) is 0 Å². The third kappa shape index (κ3) is 3.75. The SMILES string of the molecule is CNCc1ccc(Sc2cccc(Br)c2)cc1Cl. The Labute approximate surface area is 125 Å². The second-order valence-corrected chi connectivity index (χ2v) is 6.31. The maximum absolute atomic E-state index is 6.24. The molecule has 94 valence electrons. The van der Waals surface area contributed by atoms with E-state index in [0.29, 0.717) is 0 Å². The highest BCUT2D eigenvalue weighted by Crippen LogP contribution is 2.32. The molecule has 0 aliphatic rings. The summed E-state index contributed by atoms with van der Waals surface area (Å²) in [5.41, 5.74) is 1.12. The van der Waals surface area contributed by atoms with Crippen LogP contribution in [0, 0.1) is 0 Å². The Hall–Kier alpha value is -0.480. The van der Waals surface area contributed by atoms with Gasteiger partial charge in [0.2, 0.25) is 0 Å². The van der Waals surface area contributed by atoms with E-state index < -0.39 is 0 Å². The molecule has 0 fully saturated rings. The molecule has 0 saturated carbocycles. The quantitative estimate of drug-likeness (QED) is 0.841. The van der Waals surface area contributed by atoms with Crippen LogP contribution in [0.3, 0.4) is 0 Å². The summed E-state index contributed by atoms with van der Waals surface area (Å²) in [7, 11) is 1.92. The van der Waals surface area contributed by atoms with Crippen LogP contribution in [0.25, 0.3) is 0 Å². The first-order chi connectivity index (χ1) is 8.69. The average Bonchev–Trinajstić information content (AvgIpc) is 2.33. The summed E-state index contributed by atoms with van der Waals surface area (Å²) in [6.07, 6.45) is 0. The van der Waals surface area contributed by atoms with Crippen molar-refractivity contribution in [1.29, 1.82) is 0 Å². The fourth-order valence-corrected chi connectivity index (χ4v) is 3.37. The number of benzene rings is 2. The predicted octanol–water partition coefficient (Wildman–Crippen LogP) is 4.97. The topological polar surface area (TPSA) is 12.0 Å². The highest BCUT2D eigenvalue weighted by molar-refractivity contribution is 9.10. The van der Waals surface area contributed by atoms with Crippen LogP contribution in [0.15, 0.2) is 56.7 Å². The summed E-state index contributed by atoms with van der Waals surface area (Å²) in [4.78, 5) is 2.35. The van der Waals surface area contributed by atoms with Gasteiger partial charge < -0.3 is 5.32 Å². The van der Waals surface area contributed by atoms with Gasteiger partial charge >= 0.3 is 0 Å². The van der Waals surface area contributed by atoms with Crippen molar-refractivity contribution >= 4 is 39.3 Å². The molecule has 0 atom stereocenters. The lowest BCUT2D eigenvalue weighted by Crippen LogP contribution is -2.05. The van der Waals surface area contributed by atoms with Gasteiger partial charge in [-0.05, 0) is 42.9 Å². The first-order valence-electron chi connectivity index (χ1n) is 5.55. The molecule has 0 heterocycles. The van der Waals surface area contributed by atoms with Gasteiger partial charge in [-0.25, -0.2) is 0 Å². The number of rotatable bonds is 4. The average molecular weight is 343 g/mol. The Morgan fingerprint density at radius 3 is 2.61 bits per heavy atom. The Balaban J connectivity index is 2.17. The molecule has 0 spiro atoms. The van der Waals surface area contributed by atoms with Gasteiger partial charge in [0, 0.05) is 25.8 Å². The van der Waals surface area contributed by atoms with Crippen molar-refractivity contribution < 1.29 is 0 Å². The maximum Gasteiger partial charge on any atom is 0.0462 e. The summed E-state index contributed by atoms with van der Waals surface area (Å²) in [6.45, 7) is 0.792. The predicted molar refractivity (Wildman–Crippen MR) is 82.5 cm³/mol. The molecule has 0 aromatic heterocycles. The molecule has 0 bridgehead atoms. The van der Waals surface area contributed by atoms with Gasteiger partial charge in [0.25, 0.3) is 0 Å². The Kier molecular flexibility index (Phi) is 5.13. The standard InChI is InChI=1S/C14H13BrClNS/c1-17-9-10-5-6-13(8-14(10)16)18-12-4-2-3-11(15)7-12/h2-8,17H,9H2,1H3. The van der Waals surface area contributed by atoms with Gasteiger partial charge in [0.05, 0.1) is 0 Å². The van der Waals surface area contributed by atoms with Gasteiger partial charge in [-0.1, -0.05) is 51.4 Å². The Bertz CT molecular complexity index is 545. The molecule has 4 heteroatoms. The Morgan fingerprint density at radius 2 is 1.94 bits per heavy atom. The smallest absolute Gasteiger partial charge is 0.0462 e. The summed E-state index contributed by atoms with van der Waals surface area (Å²) >= 11 is 11.4. The monoisotopic (exact) mass is 341 g/mol. The van der Waals surface area contributed by atoms with Crippen LogP contribution in [0.1, 0.15) is 5.56 Å². The van der Waals surface area contributed by atoms with Crippen LogP contribution in [0.2, 0.25) is 5.02 Å². The zero-order valence-corrected chi connectivity index (χ0v) is 13.1. The minimum Gasteiger partial charge on any atom is -0.316 e. The van der Waals surface area contributed by atoms with Crippen molar-refractivity contribution in [3.05, 3.63) is 57.5 Å². The maximum atomic E-state index is 6.24. The number of hydrogen-bond donors (Lipinski definition) is 1. The van der Waals surface area contributed by atoms with E-state index in [1.54, 1.807) is 11.8 Å². The lowest BCUT2D eigenvalue weighted by atomic mass is 10.2. The summed E-state index contributed by atoms with van der Waals surface area (Å²) in [5.74, 6) is 0. The van der Waals surface area contributed by atoms with Gasteiger partial charge in [0.15, 0.2) is 0 Å². The van der Waals surface area contributed by atoms with E-state index in [2.05, 4.69) is 45.5 Å². The van der Waals surface area contributed by atoms with Gasteiger partial charge in [-0.2, -0.15) is 0 Å². The normalized spacial score (nSPS) is 10.6. The van der Waals surface area contributed by atoms with Crippen LogP contribution in [-0.2, 0) is 6.54 Å². The number of hydrogen-bond acceptors (Lipinski definition) is 2. The van der Waals surface area contributed by atoms with E-state index in [1.165, 1.54) is 4.90 Å². The minimum absolute atomic E-state index is 0.792. The zero-order chi connectivity index (χ0) is 13.0. The molecule has 0 aliphatic heterocycles. The van der Waals surface area contributed by atoms with Crippen molar-refractivity contribution in [3.63, 3.8) is 0 Å². The van der Waals surface area contributed by atoms with Crippen LogP contribution in [0.5, 0.6) is 0 Å². The molecule has 0 unspecified atom stereocenters. The van der Waals surface area contributed by atoms with E-state index >= 15 is 0 Å². The number of halogens is 2. The van der Waals surface area contributed by atoms with Crippen molar-refractivity contribution in [3.8, 4) is 0 Å². The van der Waals surface area contributed by atoms with Gasteiger partial charge in [-0.3, -0.25) is 0 Å². The summed E-state index contributed by atoms with van der Waals surface area (Å²) in [5, 5.41) is 3.91. The first kappa shape index (κ1) is 13.9. The van der Waals surface area contributed by atoms with Crippen LogP contribution < -0.4 is 5.32 Å². The molecule has 1 nitrogen and oxygen atoms in total. The van der Waals surface area contributed by atoms with E-state index in [1.807, 2.05) is 25.2 Å². The Morgan fingerprint density at radius 1 is 1.17 bits per heavy atom. The van der Waals surface area contributed by atoms with Crippen LogP contribution in [0.4, 0.5) is 0 Å². The van der Waals surface area contributed by atoms with Crippen LogP contribution >= 0.6 is 39.3 Å². The fraction of sp³-hybridized carbons (Fsp3) is 0.143. The molecule has 2 aromatic carbocycles. The fourth-order valence-electron chi connectivity index (χ4n) is 1.59. The van der Waals surface area contributed by atoms with Gasteiger partial charge in [-0.15, -0.1) is 0 Å². The third-order valence-electron chi connectivity index (χ3n) is 2.42. The van der Waals surface area contributed by atoms with E-state index in [9.17, 15) is 0 Å². The largest absolute Gasteiger partial charge is 0.316 e. The zero-order valence-electron chi connectivity index (χ0n) is 9.91. The minimum atomic E-state index is 0.792. The summed E-state index contributed by atoms with van der Waals surface area (Å²) in [6, 6.07) is 14.4. The highest BCUT2D eigenvalue weighted by atomic mass is 79.9. The third-order valence-corrected chi connectivity index (χ3v) is 4.25. The molecular weight excluding hydrogens is 330 g/mol. The van der Waals surface area contributed by atoms with Crippen molar-refractivity contribution in [2.24, 2.45) is 0 Å². The van der Waals surface area contributed by atoms with Crippen LogP contribution in [-0.4, -0.2) is 7.05 Å². The summed E-state index contributed by atoms with van der Waals surface area (Å²) < 4.78 is 1.09. The van der Waals surface area contributed by atoms with Crippen molar-refractivity contribution in [2.45, 2.75) is 16.3 Å². The van der Waals surface area contributed by atoms with Crippen molar-refractivity contribution in [1.82, 2.24) is 5.32 Å². The molecule has 0 saturated heterocycles. The van der Waals surface area contributed by atoms with Crippen molar-refractivity contribution in [2.75, 3.05) is 7.05 Å². The molecule has 18 heavy (non-hydrogen) atoms. The lowest BCUT2D eigenvalue weighted by Gasteiger charge is -2.07. The lowest BCUT2D eigenvalue weighted by molar-refractivity contribution is 0.817. The number of nitrogens with one attached hydrogen (secondary N) is 1. The van der Waals surface area contributed by atoms with E-state index in [4.69, 9.17) is 11.6 Å². The molecule has 2 rings (SSSR count). The highest BCUT2D eigenvalue weighted by Gasteiger charge is 2.03. The molecular formula is C14H13BrClNS. The molecule has 0 amide bonds. The van der Waals surface area contributed by atoms with E-state index in [0.717, 1.165) is 26.5 Å². The molecule has 0 aliphatic carbocycles. The first-order valence-corrected chi connectivity index (χ1v) is 7.54. The van der Waals surface area contributed by atoms with Gasteiger partial charge in [0.1, 0.15) is 0 Å². The molecule has 2 aromatic rings. The molecule has 0 radical (unpaired) electrons.